The number of piperidine rings is 1. The van der Waals surface area contributed by atoms with Crippen molar-refractivity contribution in [1.82, 2.24) is 15.5 Å². The van der Waals surface area contributed by atoms with Gasteiger partial charge >= 0.3 is 0 Å². The molecule has 6 nitrogen and oxygen atoms in total. The second-order valence-electron chi connectivity index (χ2n) is 10.2. The van der Waals surface area contributed by atoms with Crippen LogP contribution in [0, 0.1) is 17.7 Å². The highest BCUT2D eigenvalue weighted by Gasteiger charge is 2.28. The van der Waals surface area contributed by atoms with E-state index in [1.807, 2.05) is 12.1 Å². The summed E-state index contributed by atoms with van der Waals surface area (Å²) >= 11 is 0. The van der Waals surface area contributed by atoms with Crippen LogP contribution in [0.3, 0.4) is 0 Å². The van der Waals surface area contributed by atoms with Crippen LogP contribution in [0.25, 0.3) is 16.7 Å². The van der Waals surface area contributed by atoms with Crippen molar-refractivity contribution in [2.45, 2.75) is 31.9 Å². The Balaban J connectivity index is 1.25. The third-order valence-electron chi connectivity index (χ3n) is 7.64. The number of nitrogens with zero attached hydrogens (tertiary/aromatic N) is 1. The number of fused-ring (bicyclic) bond motifs is 1. The predicted octanol–water partition coefficient (Wildman–Crippen LogP) is 4.10. The van der Waals surface area contributed by atoms with Crippen molar-refractivity contribution in [2.24, 2.45) is 11.8 Å². The first-order valence-corrected chi connectivity index (χ1v) is 13.1. The molecule has 2 atom stereocenters. The first kappa shape index (κ1) is 25.4. The summed E-state index contributed by atoms with van der Waals surface area (Å²) in [5, 5.41) is 25.4. The highest BCUT2D eigenvalue weighted by Crippen LogP contribution is 2.33. The molecule has 7 heteroatoms. The molecule has 1 saturated heterocycles. The zero-order chi connectivity index (χ0) is 25.8. The van der Waals surface area contributed by atoms with Crippen molar-refractivity contribution in [2.75, 3.05) is 26.2 Å². The Morgan fingerprint density at radius 3 is 2.57 bits per heavy atom. The number of hydrogen-bond donors (Lipinski definition) is 4. The fourth-order valence-electron chi connectivity index (χ4n) is 5.43. The van der Waals surface area contributed by atoms with Crippen molar-refractivity contribution in [3.63, 3.8) is 0 Å². The summed E-state index contributed by atoms with van der Waals surface area (Å²) in [4.78, 5) is 15.3. The highest BCUT2D eigenvalue weighted by atomic mass is 19.1. The lowest BCUT2D eigenvalue weighted by molar-refractivity contribution is -0.119. The molecule has 0 radical (unpaired) electrons. The molecular weight excluding hydrogens is 469 g/mol. The average molecular weight is 504 g/mol. The van der Waals surface area contributed by atoms with Crippen molar-refractivity contribution in [3.05, 3.63) is 89.5 Å². The first-order chi connectivity index (χ1) is 18.0. The normalized spacial score (nSPS) is 23.5. The molecule has 37 heavy (non-hydrogen) atoms. The van der Waals surface area contributed by atoms with Crippen LogP contribution in [0.1, 0.15) is 43.0 Å². The number of halogens is 1. The Labute approximate surface area is 217 Å². The maximum absolute atomic E-state index is 13.4. The van der Waals surface area contributed by atoms with Crippen LogP contribution in [0.2, 0.25) is 0 Å². The number of aliphatic hydroxyl groups is 2. The molecule has 0 aromatic heterocycles. The maximum atomic E-state index is 13.4. The van der Waals surface area contributed by atoms with Gasteiger partial charge in [0, 0.05) is 30.6 Å². The van der Waals surface area contributed by atoms with Crippen molar-refractivity contribution in [1.29, 1.82) is 0 Å². The molecule has 2 heterocycles. The number of carbonyl (C=O) groups is 1. The quantitative estimate of drug-likeness (QED) is 0.428. The third-order valence-corrected chi connectivity index (χ3v) is 7.64. The van der Waals surface area contributed by atoms with Crippen LogP contribution in [-0.4, -0.2) is 47.3 Å². The second kappa shape index (κ2) is 11.4. The largest absolute Gasteiger partial charge is 0.396 e. The average Bonchev–Trinajstić information content (AvgIpc) is 2.91. The van der Waals surface area contributed by atoms with E-state index >= 15 is 0 Å². The molecule has 2 aliphatic heterocycles. The zero-order valence-electron chi connectivity index (χ0n) is 20.9. The number of aliphatic hydroxyl groups excluding tert-OH is 2. The van der Waals surface area contributed by atoms with Gasteiger partial charge < -0.3 is 25.7 Å². The molecule has 0 saturated carbocycles. The van der Waals surface area contributed by atoms with Gasteiger partial charge in [-0.1, -0.05) is 36.4 Å². The molecule has 5 rings (SSSR count). The maximum Gasteiger partial charge on any atom is 0.255 e. The van der Waals surface area contributed by atoms with Crippen LogP contribution in [0.15, 0.2) is 72.6 Å². The highest BCUT2D eigenvalue weighted by molar-refractivity contribution is 6.21. The minimum Gasteiger partial charge on any atom is -0.396 e. The number of rotatable bonds is 7. The van der Waals surface area contributed by atoms with E-state index in [1.54, 1.807) is 24.4 Å². The van der Waals surface area contributed by atoms with Gasteiger partial charge in [0.2, 0.25) is 0 Å². The Bertz CT molecular complexity index is 1210. The van der Waals surface area contributed by atoms with Gasteiger partial charge in [0.05, 0.1) is 5.57 Å². The molecular formula is C30H34FN3O3. The van der Waals surface area contributed by atoms with Crippen LogP contribution in [-0.2, 0) is 4.79 Å². The van der Waals surface area contributed by atoms with E-state index in [-0.39, 0.29) is 18.3 Å². The van der Waals surface area contributed by atoms with Crippen LogP contribution in [0.4, 0.5) is 4.39 Å². The number of amides is 1. The Kier molecular flexibility index (Phi) is 7.84. The van der Waals surface area contributed by atoms with E-state index in [1.165, 1.54) is 12.1 Å². The zero-order valence-corrected chi connectivity index (χ0v) is 20.9. The molecule has 3 aliphatic rings. The summed E-state index contributed by atoms with van der Waals surface area (Å²) in [5.41, 5.74) is 4.31. The molecule has 194 valence electrons. The van der Waals surface area contributed by atoms with Crippen LogP contribution < -0.4 is 10.6 Å². The van der Waals surface area contributed by atoms with E-state index in [0.29, 0.717) is 28.5 Å². The summed E-state index contributed by atoms with van der Waals surface area (Å²) in [5.74, 6) is 0.452. The molecule has 2 aromatic rings. The molecule has 1 aliphatic carbocycles. The summed E-state index contributed by atoms with van der Waals surface area (Å²) < 4.78 is 13.4. The summed E-state index contributed by atoms with van der Waals surface area (Å²) in [6.07, 6.45) is 11.2. The lowest BCUT2D eigenvalue weighted by atomic mass is 9.91. The van der Waals surface area contributed by atoms with E-state index in [0.717, 1.165) is 62.1 Å². The van der Waals surface area contributed by atoms with Gasteiger partial charge in [-0.2, -0.15) is 0 Å². The number of nitrogens with one attached hydrogen (secondary N) is 2. The molecule has 2 aromatic carbocycles. The summed E-state index contributed by atoms with van der Waals surface area (Å²) in [6, 6.07) is 11.7. The molecule has 4 N–H and O–H groups in total. The molecule has 1 fully saturated rings. The van der Waals surface area contributed by atoms with E-state index in [9.17, 15) is 14.3 Å². The summed E-state index contributed by atoms with van der Waals surface area (Å²) in [6.45, 7) is 3.51. The monoisotopic (exact) mass is 503 g/mol. The Morgan fingerprint density at radius 1 is 1.11 bits per heavy atom. The van der Waals surface area contributed by atoms with E-state index in [2.05, 4.69) is 33.8 Å². The number of carbonyl (C=O) groups excluding carboxylic acids is 1. The van der Waals surface area contributed by atoms with Gasteiger partial charge in [0.1, 0.15) is 5.82 Å². The summed E-state index contributed by atoms with van der Waals surface area (Å²) in [7, 11) is 0. The van der Waals surface area contributed by atoms with Gasteiger partial charge in [-0.25, -0.2) is 4.39 Å². The van der Waals surface area contributed by atoms with Crippen molar-refractivity contribution in [3.8, 4) is 11.1 Å². The minimum absolute atomic E-state index is 0.288. The number of hydrogen-bond acceptors (Lipinski definition) is 5. The fourth-order valence-corrected chi connectivity index (χ4v) is 5.43. The Hall–Kier alpha value is -3.26. The lowest BCUT2D eigenvalue weighted by Gasteiger charge is -2.33. The smallest absolute Gasteiger partial charge is 0.255 e. The number of allylic oxidation sites excluding steroid dienone is 2. The van der Waals surface area contributed by atoms with Gasteiger partial charge in [-0.3, -0.25) is 4.79 Å². The van der Waals surface area contributed by atoms with Gasteiger partial charge in [0.25, 0.3) is 5.91 Å². The lowest BCUT2D eigenvalue weighted by Crippen LogP contribution is -2.37. The minimum atomic E-state index is -1.08. The third kappa shape index (κ3) is 6.01. The molecule has 0 bridgehead atoms. The second-order valence-corrected chi connectivity index (χ2v) is 10.2. The van der Waals surface area contributed by atoms with Crippen LogP contribution >= 0.6 is 0 Å². The van der Waals surface area contributed by atoms with Gasteiger partial charge in [-0.15, -0.1) is 0 Å². The SMILES string of the molecule is O=C1NC(O)c2ccc(-c3ccc(F)cc3)cc2/C1=C/NC1=CCC(CN2CCC(CCO)CC2)C=C1. The molecule has 2 unspecified atom stereocenters. The van der Waals surface area contributed by atoms with Crippen LogP contribution in [0.5, 0.6) is 0 Å². The number of benzene rings is 2. The molecule has 1 amide bonds. The van der Waals surface area contributed by atoms with Gasteiger partial charge in [0.15, 0.2) is 6.23 Å². The fraction of sp³-hybridized carbons (Fsp3) is 0.367. The van der Waals surface area contributed by atoms with Gasteiger partial charge in [-0.05, 0) is 91.6 Å². The number of likely N-dealkylation sites (tertiary alicyclic amines) is 1. The topological polar surface area (TPSA) is 84.8 Å². The predicted molar refractivity (Wildman–Crippen MR) is 142 cm³/mol. The molecule has 0 spiro atoms. The van der Waals surface area contributed by atoms with Crippen molar-refractivity contribution >= 4 is 11.5 Å². The van der Waals surface area contributed by atoms with Crippen molar-refractivity contribution < 1.29 is 19.4 Å². The van der Waals surface area contributed by atoms with E-state index < -0.39 is 6.23 Å². The first-order valence-electron chi connectivity index (χ1n) is 13.1. The standard InChI is InChI=1S/C30H34FN3O3/c31-24-6-3-22(4-7-24)23-5-10-26-27(17-23)28(30(37)33-29(26)36)18-32-25-8-1-21(2-9-25)19-34-14-11-20(12-15-34)13-16-35/h1,3-10,17-18,20-21,29,32,35-36H,2,11-16,19H2,(H,33,37)/b28-18-. The van der Waals surface area contributed by atoms with E-state index in [4.69, 9.17) is 5.11 Å². The Morgan fingerprint density at radius 2 is 1.86 bits per heavy atom.